The fourth-order valence-corrected chi connectivity index (χ4v) is 2.28. The summed E-state index contributed by atoms with van der Waals surface area (Å²) in [4.78, 5) is 0. The second-order valence-corrected chi connectivity index (χ2v) is 5.60. The van der Waals surface area contributed by atoms with Crippen molar-refractivity contribution in [3.63, 3.8) is 0 Å². The summed E-state index contributed by atoms with van der Waals surface area (Å²) >= 11 is 0. The minimum absolute atomic E-state index is 0.189. The number of nitrogens with zero attached hydrogens (tertiary/aromatic N) is 2. The van der Waals surface area contributed by atoms with E-state index in [0.717, 1.165) is 23.6 Å². The predicted molar refractivity (Wildman–Crippen MR) is 79.5 cm³/mol. The Bertz CT molecular complexity index is 587. The molecule has 3 nitrogen and oxygen atoms in total. The van der Waals surface area contributed by atoms with Gasteiger partial charge in [0.2, 0.25) is 0 Å². The Morgan fingerprint density at radius 1 is 1.30 bits per heavy atom. The lowest BCUT2D eigenvalue weighted by atomic mass is 10.1. The van der Waals surface area contributed by atoms with Crippen LogP contribution in [0.4, 0.5) is 4.39 Å². The van der Waals surface area contributed by atoms with Gasteiger partial charge in [-0.2, -0.15) is 5.10 Å². The van der Waals surface area contributed by atoms with E-state index >= 15 is 0 Å². The number of rotatable bonds is 5. The van der Waals surface area contributed by atoms with Gasteiger partial charge in [0.15, 0.2) is 0 Å². The molecule has 0 atom stereocenters. The number of nitrogens with one attached hydrogen (secondary N) is 1. The average molecular weight is 275 g/mol. The number of benzene rings is 1. The smallest absolute Gasteiger partial charge is 0.129 e. The first kappa shape index (κ1) is 14.7. The minimum Gasteiger partial charge on any atom is -0.312 e. The summed E-state index contributed by atoms with van der Waals surface area (Å²) in [7, 11) is 0. The van der Waals surface area contributed by atoms with Gasteiger partial charge in [0.05, 0.1) is 11.4 Å². The first-order chi connectivity index (χ1) is 9.49. The van der Waals surface area contributed by atoms with Crippen molar-refractivity contribution in [2.45, 2.75) is 34.2 Å². The maximum absolute atomic E-state index is 14.1. The fourth-order valence-electron chi connectivity index (χ4n) is 2.28. The Hall–Kier alpha value is -1.68. The van der Waals surface area contributed by atoms with Gasteiger partial charge in [-0.1, -0.05) is 19.9 Å². The first-order valence-electron chi connectivity index (χ1n) is 7.00. The summed E-state index contributed by atoms with van der Waals surface area (Å²) in [6, 6.07) is 7.14. The lowest BCUT2D eigenvalue weighted by molar-refractivity contribution is 0.532. The fraction of sp³-hybridized carbons (Fsp3) is 0.438. The normalized spacial score (nSPS) is 11.3. The molecule has 0 saturated heterocycles. The van der Waals surface area contributed by atoms with Crippen LogP contribution in [-0.2, 0) is 6.54 Å². The molecule has 0 unspecified atom stereocenters. The molecular weight excluding hydrogens is 253 g/mol. The van der Waals surface area contributed by atoms with Crippen molar-refractivity contribution in [3.8, 4) is 5.69 Å². The summed E-state index contributed by atoms with van der Waals surface area (Å²) in [6.07, 6.45) is 0. The molecule has 0 spiro atoms. The number of hydrogen-bond donors (Lipinski definition) is 1. The van der Waals surface area contributed by atoms with E-state index in [1.165, 1.54) is 6.07 Å². The van der Waals surface area contributed by atoms with E-state index in [9.17, 15) is 4.39 Å². The van der Waals surface area contributed by atoms with Gasteiger partial charge in [0.25, 0.3) is 0 Å². The van der Waals surface area contributed by atoms with Crippen molar-refractivity contribution in [2.24, 2.45) is 5.92 Å². The van der Waals surface area contributed by atoms with Gasteiger partial charge >= 0.3 is 0 Å². The van der Waals surface area contributed by atoms with E-state index < -0.39 is 0 Å². The van der Waals surface area contributed by atoms with Crippen molar-refractivity contribution < 1.29 is 4.39 Å². The second kappa shape index (κ2) is 6.18. The monoisotopic (exact) mass is 275 g/mol. The van der Waals surface area contributed by atoms with Gasteiger partial charge in [-0.25, -0.2) is 9.07 Å². The first-order valence-corrected chi connectivity index (χ1v) is 7.00. The van der Waals surface area contributed by atoms with Crippen molar-refractivity contribution in [1.82, 2.24) is 15.1 Å². The average Bonchev–Trinajstić information content (AvgIpc) is 2.70. The van der Waals surface area contributed by atoms with Crippen molar-refractivity contribution in [1.29, 1.82) is 0 Å². The van der Waals surface area contributed by atoms with Gasteiger partial charge < -0.3 is 5.32 Å². The summed E-state index contributed by atoms with van der Waals surface area (Å²) < 4.78 is 15.9. The molecule has 108 valence electrons. The third-order valence-corrected chi connectivity index (χ3v) is 3.19. The molecule has 1 aromatic heterocycles. The predicted octanol–water partition coefficient (Wildman–Crippen LogP) is 3.37. The topological polar surface area (TPSA) is 29.9 Å². The minimum atomic E-state index is -0.189. The second-order valence-electron chi connectivity index (χ2n) is 5.60. The molecule has 0 fully saturated rings. The summed E-state index contributed by atoms with van der Waals surface area (Å²) in [6.45, 7) is 9.58. The van der Waals surface area contributed by atoms with E-state index in [1.54, 1.807) is 6.07 Å². The highest BCUT2D eigenvalue weighted by Crippen LogP contribution is 2.20. The van der Waals surface area contributed by atoms with E-state index in [0.29, 0.717) is 18.0 Å². The van der Waals surface area contributed by atoms with Crippen LogP contribution in [0.5, 0.6) is 0 Å². The van der Waals surface area contributed by atoms with Crippen molar-refractivity contribution in [3.05, 3.63) is 47.0 Å². The van der Waals surface area contributed by atoms with Gasteiger partial charge in [-0.3, -0.25) is 0 Å². The Morgan fingerprint density at radius 3 is 2.65 bits per heavy atom. The molecule has 4 heteroatoms. The number of hydrogen-bond acceptors (Lipinski definition) is 2. The van der Waals surface area contributed by atoms with Gasteiger partial charge in [0.1, 0.15) is 5.82 Å². The Morgan fingerprint density at radius 2 is 2.05 bits per heavy atom. The number of aromatic nitrogens is 2. The lowest BCUT2D eigenvalue weighted by Crippen LogP contribution is -2.21. The highest BCUT2D eigenvalue weighted by molar-refractivity contribution is 5.42. The van der Waals surface area contributed by atoms with Crippen LogP contribution in [0.1, 0.15) is 30.8 Å². The zero-order valence-electron chi connectivity index (χ0n) is 12.6. The largest absolute Gasteiger partial charge is 0.312 e. The molecule has 0 aliphatic carbocycles. The van der Waals surface area contributed by atoms with E-state index in [2.05, 4.69) is 24.3 Å². The number of halogens is 1. The third-order valence-electron chi connectivity index (χ3n) is 3.19. The molecule has 2 aromatic rings. The standard InChI is InChI=1S/C16H22FN3/c1-11(2)9-18-10-14-15(17)6-5-7-16(14)20-13(4)8-12(3)19-20/h5-8,11,18H,9-10H2,1-4H3. The molecular formula is C16H22FN3. The third kappa shape index (κ3) is 3.25. The van der Waals surface area contributed by atoms with Crippen molar-refractivity contribution in [2.75, 3.05) is 6.54 Å². The molecule has 0 amide bonds. The quantitative estimate of drug-likeness (QED) is 0.906. The Kier molecular flexibility index (Phi) is 4.55. The van der Waals surface area contributed by atoms with Gasteiger partial charge in [0, 0.05) is 17.8 Å². The molecule has 20 heavy (non-hydrogen) atoms. The highest BCUT2D eigenvalue weighted by atomic mass is 19.1. The summed E-state index contributed by atoms with van der Waals surface area (Å²) in [5, 5.41) is 7.74. The van der Waals surface area contributed by atoms with Crippen LogP contribution in [0.2, 0.25) is 0 Å². The van der Waals surface area contributed by atoms with Crippen LogP contribution in [-0.4, -0.2) is 16.3 Å². The SMILES string of the molecule is Cc1cc(C)n(-c2cccc(F)c2CNCC(C)C)n1. The zero-order chi connectivity index (χ0) is 14.7. The van der Waals surface area contributed by atoms with Crippen LogP contribution < -0.4 is 5.32 Å². The van der Waals surface area contributed by atoms with Crippen LogP contribution >= 0.6 is 0 Å². The molecule has 0 saturated carbocycles. The summed E-state index contributed by atoms with van der Waals surface area (Å²) in [5.41, 5.74) is 3.43. The van der Waals surface area contributed by atoms with Gasteiger partial charge in [-0.15, -0.1) is 0 Å². The lowest BCUT2D eigenvalue weighted by Gasteiger charge is -2.14. The molecule has 0 radical (unpaired) electrons. The van der Waals surface area contributed by atoms with Crippen LogP contribution in [0, 0.1) is 25.6 Å². The van der Waals surface area contributed by atoms with E-state index in [1.807, 2.05) is 30.7 Å². The van der Waals surface area contributed by atoms with E-state index in [-0.39, 0.29) is 5.82 Å². The van der Waals surface area contributed by atoms with Crippen LogP contribution in [0.3, 0.4) is 0 Å². The molecule has 1 N–H and O–H groups in total. The molecule has 2 rings (SSSR count). The Labute approximate surface area is 119 Å². The highest BCUT2D eigenvalue weighted by Gasteiger charge is 2.12. The molecule has 0 aliphatic rings. The van der Waals surface area contributed by atoms with Gasteiger partial charge in [-0.05, 0) is 44.5 Å². The maximum atomic E-state index is 14.1. The van der Waals surface area contributed by atoms with Crippen LogP contribution in [0.15, 0.2) is 24.3 Å². The van der Waals surface area contributed by atoms with Crippen molar-refractivity contribution >= 4 is 0 Å². The Balaban J connectivity index is 2.33. The summed E-state index contributed by atoms with van der Waals surface area (Å²) in [5.74, 6) is 0.352. The van der Waals surface area contributed by atoms with E-state index in [4.69, 9.17) is 0 Å². The molecule has 0 bridgehead atoms. The zero-order valence-corrected chi connectivity index (χ0v) is 12.6. The van der Waals surface area contributed by atoms with Crippen LogP contribution in [0.25, 0.3) is 5.69 Å². The maximum Gasteiger partial charge on any atom is 0.129 e. The molecule has 1 aromatic carbocycles. The molecule has 1 heterocycles. The number of aryl methyl sites for hydroxylation is 2. The molecule has 0 aliphatic heterocycles.